The monoisotopic (exact) mass is 140 g/mol. The number of aldehydes is 1. The van der Waals surface area contributed by atoms with Crippen LogP contribution in [-0.4, -0.2) is 6.29 Å². The summed E-state index contributed by atoms with van der Waals surface area (Å²) < 4.78 is 11.9. The van der Waals surface area contributed by atoms with Gasteiger partial charge in [-0.1, -0.05) is 18.2 Å². The Bertz CT molecular complexity index is 172. The van der Waals surface area contributed by atoms with Gasteiger partial charge in [0.25, 0.3) is 0 Å². The van der Waals surface area contributed by atoms with E-state index < -0.39 is 0 Å². The van der Waals surface area contributed by atoms with Crippen molar-refractivity contribution in [2.75, 3.05) is 0 Å². The molecule has 1 nitrogen and oxygen atoms in total. The third-order valence-electron chi connectivity index (χ3n) is 0.733. The van der Waals surface area contributed by atoms with Gasteiger partial charge in [-0.2, -0.15) is 0 Å². The molecule has 0 aliphatic carbocycles. The van der Waals surface area contributed by atoms with Crippen LogP contribution in [0, 0.1) is 5.82 Å². The maximum atomic E-state index is 11.9. The molecule has 54 valence electrons. The van der Waals surface area contributed by atoms with E-state index in [1.807, 2.05) is 0 Å². The molecule has 0 unspecified atom stereocenters. The van der Waals surface area contributed by atoms with Crippen molar-refractivity contribution in [2.24, 2.45) is 0 Å². The van der Waals surface area contributed by atoms with Gasteiger partial charge in [-0.05, 0) is 19.1 Å². The van der Waals surface area contributed by atoms with Crippen LogP contribution in [0.4, 0.5) is 4.39 Å². The Kier molecular flexibility index (Phi) is 5.25. The maximum absolute atomic E-state index is 11.9. The molecule has 10 heavy (non-hydrogen) atoms. The van der Waals surface area contributed by atoms with Gasteiger partial charge in [-0.3, -0.25) is 0 Å². The lowest BCUT2D eigenvalue weighted by Crippen LogP contribution is -1.63. The molecule has 1 rings (SSSR count). The first-order valence-corrected chi connectivity index (χ1v) is 2.91. The number of hydrogen-bond acceptors (Lipinski definition) is 1. The van der Waals surface area contributed by atoms with Crippen LogP contribution in [0.1, 0.15) is 6.92 Å². The molecule has 2 heteroatoms. The van der Waals surface area contributed by atoms with Gasteiger partial charge in [0, 0.05) is 0 Å². The molecule has 1 aromatic carbocycles. The minimum Gasteiger partial charge on any atom is -0.304 e. The lowest BCUT2D eigenvalue weighted by molar-refractivity contribution is -0.106. The first-order chi connectivity index (χ1) is 4.81. The lowest BCUT2D eigenvalue weighted by atomic mass is 10.4. The first-order valence-electron chi connectivity index (χ1n) is 2.91. The fourth-order valence-corrected chi connectivity index (χ4v) is 0.415. The summed E-state index contributed by atoms with van der Waals surface area (Å²) in [5, 5.41) is 0. The van der Waals surface area contributed by atoms with Crippen molar-refractivity contribution in [2.45, 2.75) is 6.92 Å². The van der Waals surface area contributed by atoms with Gasteiger partial charge in [0.15, 0.2) is 0 Å². The summed E-state index contributed by atoms with van der Waals surface area (Å²) in [6.07, 6.45) is 0.750. The highest BCUT2D eigenvalue weighted by Crippen LogP contribution is 1.91. The fraction of sp³-hybridized carbons (Fsp3) is 0.125. The van der Waals surface area contributed by atoms with Crippen molar-refractivity contribution >= 4 is 6.29 Å². The molecule has 0 spiro atoms. The molecule has 0 fully saturated rings. The van der Waals surface area contributed by atoms with Gasteiger partial charge >= 0.3 is 0 Å². The van der Waals surface area contributed by atoms with E-state index >= 15 is 0 Å². The standard InChI is InChI=1S/C6H5F.C2H4O/c7-6-4-2-1-3-5-6;1-2-3/h1-5H;2H,1H3. The highest BCUT2D eigenvalue weighted by Gasteiger charge is 1.77. The van der Waals surface area contributed by atoms with Crippen molar-refractivity contribution in [3.05, 3.63) is 36.1 Å². The molecular weight excluding hydrogens is 131 g/mol. The van der Waals surface area contributed by atoms with E-state index in [4.69, 9.17) is 4.79 Å². The second-order valence-electron chi connectivity index (χ2n) is 1.53. The molecule has 1 aromatic rings. The molecule has 0 saturated heterocycles. The number of carbonyl (C=O) groups excluding carboxylic acids is 1. The van der Waals surface area contributed by atoms with Crippen molar-refractivity contribution in [3.63, 3.8) is 0 Å². The summed E-state index contributed by atoms with van der Waals surface area (Å²) in [4.78, 5) is 8.81. The molecule has 0 amide bonds. The predicted octanol–water partition coefficient (Wildman–Crippen LogP) is 2.03. The van der Waals surface area contributed by atoms with Gasteiger partial charge in [-0.25, -0.2) is 4.39 Å². The number of rotatable bonds is 0. The van der Waals surface area contributed by atoms with E-state index in [9.17, 15) is 4.39 Å². The maximum Gasteiger partial charge on any atom is 0.123 e. The Morgan fingerprint density at radius 1 is 1.30 bits per heavy atom. The zero-order valence-electron chi connectivity index (χ0n) is 5.75. The number of hydrogen-bond donors (Lipinski definition) is 0. The summed E-state index contributed by atoms with van der Waals surface area (Å²) in [7, 11) is 0. The van der Waals surface area contributed by atoms with Gasteiger partial charge in [-0.15, -0.1) is 0 Å². The van der Waals surface area contributed by atoms with Gasteiger partial charge in [0.05, 0.1) is 0 Å². The minimum absolute atomic E-state index is 0.178. The Labute approximate surface area is 59.5 Å². The summed E-state index contributed by atoms with van der Waals surface area (Å²) in [6.45, 7) is 1.44. The van der Waals surface area contributed by atoms with Gasteiger partial charge < -0.3 is 4.79 Å². The second-order valence-corrected chi connectivity index (χ2v) is 1.53. The molecular formula is C8H9FO. The van der Waals surface area contributed by atoms with Crippen LogP contribution >= 0.6 is 0 Å². The van der Waals surface area contributed by atoms with Crippen LogP contribution < -0.4 is 0 Å². The molecule has 0 atom stereocenters. The fourth-order valence-electron chi connectivity index (χ4n) is 0.415. The number of benzene rings is 1. The average molecular weight is 140 g/mol. The van der Waals surface area contributed by atoms with Crippen LogP contribution in [-0.2, 0) is 4.79 Å². The molecule has 0 N–H and O–H groups in total. The normalized spacial score (nSPS) is 7.40. The molecule has 0 radical (unpaired) electrons. The first kappa shape index (κ1) is 8.82. The Morgan fingerprint density at radius 3 is 1.90 bits per heavy atom. The molecule has 0 aliphatic rings. The third-order valence-corrected chi connectivity index (χ3v) is 0.733. The van der Waals surface area contributed by atoms with E-state index in [0.717, 1.165) is 6.29 Å². The van der Waals surface area contributed by atoms with E-state index in [1.54, 1.807) is 18.2 Å². The molecule has 0 heterocycles. The van der Waals surface area contributed by atoms with Gasteiger partial charge in [0.2, 0.25) is 0 Å². The van der Waals surface area contributed by atoms with E-state index in [1.165, 1.54) is 19.1 Å². The Morgan fingerprint density at radius 2 is 1.70 bits per heavy atom. The van der Waals surface area contributed by atoms with Crippen molar-refractivity contribution < 1.29 is 9.18 Å². The highest BCUT2D eigenvalue weighted by molar-refractivity contribution is 5.44. The average Bonchev–Trinajstić information content (AvgIpc) is 1.91. The van der Waals surface area contributed by atoms with Crippen LogP contribution in [0.3, 0.4) is 0 Å². The molecule has 0 bridgehead atoms. The zero-order valence-corrected chi connectivity index (χ0v) is 5.75. The Hall–Kier alpha value is -1.18. The van der Waals surface area contributed by atoms with Crippen LogP contribution in [0.2, 0.25) is 0 Å². The topological polar surface area (TPSA) is 17.1 Å². The smallest absolute Gasteiger partial charge is 0.123 e. The SMILES string of the molecule is CC=O.Fc1ccccc1. The van der Waals surface area contributed by atoms with Crippen molar-refractivity contribution in [3.8, 4) is 0 Å². The van der Waals surface area contributed by atoms with Crippen LogP contribution in [0.15, 0.2) is 30.3 Å². The van der Waals surface area contributed by atoms with E-state index in [2.05, 4.69) is 0 Å². The van der Waals surface area contributed by atoms with E-state index in [-0.39, 0.29) is 5.82 Å². The Balaban J connectivity index is 0.000000236. The molecule has 0 aromatic heterocycles. The van der Waals surface area contributed by atoms with Gasteiger partial charge in [0.1, 0.15) is 12.1 Å². The minimum atomic E-state index is -0.178. The highest BCUT2D eigenvalue weighted by atomic mass is 19.1. The summed E-state index contributed by atoms with van der Waals surface area (Å²) in [5.74, 6) is -0.178. The van der Waals surface area contributed by atoms with Crippen molar-refractivity contribution in [1.29, 1.82) is 0 Å². The quantitative estimate of drug-likeness (QED) is 0.504. The molecule has 0 aliphatic heterocycles. The van der Waals surface area contributed by atoms with Crippen LogP contribution in [0.25, 0.3) is 0 Å². The summed E-state index contributed by atoms with van der Waals surface area (Å²) in [6, 6.07) is 7.94. The number of halogens is 1. The third kappa shape index (κ3) is 4.97. The summed E-state index contributed by atoms with van der Waals surface area (Å²) >= 11 is 0. The lowest BCUT2D eigenvalue weighted by Gasteiger charge is -1.78. The summed E-state index contributed by atoms with van der Waals surface area (Å²) in [5.41, 5.74) is 0. The van der Waals surface area contributed by atoms with Crippen LogP contribution in [0.5, 0.6) is 0 Å². The zero-order chi connectivity index (χ0) is 7.82. The van der Waals surface area contributed by atoms with E-state index in [0.29, 0.717) is 0 Å². The number of carbonyl (C=O) groups is 1. The molecule has 0 saturated carbocycles. The largest absolute Gasteiger partial charge is 0.304 e. The second kappa shape index (κ2) is 5.95. The predicted molar refractivity (Wildman–Crippen MR) is 38.1 cm³/mol. The van der Waals surface area contributed by atoms with Crippen molar-refractivity contribution in [1.82, 2.24) is 0 Å².